The lowest BCUT2D eigenvalue weighted by molar-refractivity contribution is 0.0693. The Bertz CT molecular complexity index is 197. The Labute approximate surface area is 102 Å². The summed E-state index contributed by atoms with van der Waals surface area (Å²) in [6.45, 7) is 7.46. The van der Waals surface area contributed by atoms with Crippen molar-refractivity contribution >= 4 is 32.0 Å². The van der Waals surface area contributed by atoms with E-state index in [2.05, 4.69) is 0 Å². The summed E-state index contributed by atoms with van der Waals surface area (Å²) in [7, 11) is -2.66. The molecule has 0 aliphatic heterocycles. The van der Waals surface area contributed by atoms with Crippen LogP contribution in [0.15, 0.2) is 0 Å². The first-order chi connectivity index (χ1) is 7.02. The molecule has 0 heterocycles. The Morgan fingerprint density at radius 1 is 1.07 bits per heavy atom. The number of alkyl halides is 2. The van der Waals surface area contributed by atoms with Crippen molar-refractivity contribution in [1.82, 2.24) is 0 Å². The van der Waals surface area contributed by atoms with Crippen molar-refractivity contribution in [2.75, 3.05) is 19.8 Å². The molecule has 1 fully saturated rings. The third-order valence-corrected chi connectivity index (χ3v) is 7.11. The summed E-state index contributed by atoms with van der Waals surface area (Å²) in [5.41, 5.74) is 0.0215. The second kappa shape index (κ2) is 5.34. The van der Waals surface area contributed by atoms with E-state index in [1.807, 2.05) is 20.8 Å². The third kappa shape index (κ3) is 3.08. The minimum atomic E-state index is -2.66. The van der Waals surface area contributed by atoms with E-state index in [1.54, 1.807) is 0 Å². The Morgan fingerprint density at radius 3 is 1.60 bits per heavy atom. The molecule has 0 N–H and O–H groups in total. The Morgan fingerprint density at radius 2 is 1.40 bits per heavy atom. The van der Waals surface area contributed by atoms with E-state index < -0.39 is 13.1 Å². The third-order valence-electron chi connectivity index (χ3n) is 2.29. The summed E-state index contributed by atoms with van der Waals surface area (Å²) in [5, 5.41) is 0. The lowest BCUT2D eigenvalue weighted by atomic mass is 10.9. The average Bonchev–Trinajstić information content (AvgIpc) is 2.77. The maximum absolute atomic E-state index is 6.06. The van der Waals surface area contributed by atoms with Gasteiger partial charge in [0.1, 0.15) is 4.33 Å². The van der Waals surface area contributed by atoms with Crippen LogP contribution in [0.5, 0.6) is 0 Å². The van der Waals surface area contributed by atoms with E-state index >= 15 is 0 Å². The first-order valence-electron chi connectivity index (χ1n) is 5.32. The van der Waals surface area contributed by atoms with Crippen LogP contribution in [0.25, 0.3) is 0 Å². The van der Waals surface area contributed by atoms with Crippen LogP contribution in [0, 0.1) is 0 Å². The molecule has 0 amide bonds. The largest absolute Gasteiger partial charge is 0.507 e. The fraction of sp³-hybridized carbons (Fsp3) is 1.00. The van der Waals surface area contributed by atoms with E-state index in [9.17, 15) is 0 Å². The van der Waals surface area contributed by atoms with Crippen molar-refractivity contribution in [2.45, 2.75) is 37.1 Å². The van der Waals surface area contributed by atoms with Crippen LogP contribution in [-0.4, -0.2) is 33.0 Å². The molecule has 6 heteroatoms. The summed E-state index contributed by atoms with van der Waals surface area (Å²) >= 11 is 12.1. The summed E-state index contributed by atoms with van der Waals surface area (Å²) in [4.78, 5) is 0. The topological polar surface area (TPSA) is 27.7 Å². The highest BCUT2D eigenvalue weighted by Gasteiger charge is 2.69. The molecule has 1 saturated carbocycles. The SMILES string of the molecule is CCO[Si](OCC)(OCC)C1CC1(Cl)Cl. The summed E-state index contributed by atoms with van der Waals surface area (Å²) < 4.78 is 16.4. The minimum Gasteiger partial charge on any atom is -0.374 e. The zero-order chi connectivity index (χ0) is 11.5. The molecule has 0 aromatic rings. The molecular formula is C9H18Cl2O3Si. The van der Waals surface area contributed by atoms with E-state index in [0.717, 1.165) is 0 Å². The highest BCUT2D eigenvalue weighted by Crippen LogP contribution is 2.63. The van der Waals surface area contributed by atoms with Gasteiger partial charge in [-0.3, -0.25) is 0 Å². The van der Waals surface area contributed by atoms with Gasteiger partial charge in [0.15, 0.2) is 0 Å². The minimum absolute atomic E-state index is 0.0215. The molecule has 1 aliphatic rings. The van der Waals surface area contributed by atoms with Gasteiger partial charge in [-0.1, -0.05) is 0 Å². The Hall–Kier alpha value is 0.677. The smallest absolute Gasteiger partial charge is 0.374 e. The summed E-state index contributed by atoms with van der Waals surface area (Å²) in [5.74, 6) is 0. The van der Waals surface area contributed by atoms with Gasteiger partial charge in [0, 0.05) is 19.8 Å². The van der Waals surface area contributed by atoms with E-state index in [-0.39, 0.29) is 5.54 Å². The molecule has 1 atom stereocenters. The fourth-order valence-corrected chi connectivity index (χ4v) is 6.15. The summed E-state index contributed by atoms with van der Waals surface area (Å²) in [6.07, 6.45) is 0.697. The lowest BCUT2D eigenvalue weighted by Gasteiger charge is -2.28. The van der Waals surface area contributed by atoms with Gasteiger partial charge in [-0.05, 0) is 27.2 Å². The molecule has 1 aliphatic carbocycles. The molecule has 0 radical (unpaired) electrons. The van der Waals surface area contributed by atoms with Gasteiger partial charge >= 0.3 is 8.80 Å². The molecule has 1 rings (SSSR count). The van der Waals surface area contributed by atoms with Crippen molar-refractivity contribution < 1.29 is 13.3 Å². The number of rotatable bonds is 7. The number of hydrogen-bond donors (Lipinski definition) is 0. The highest BCUT2D eigenvalue weighted by molar-refractivity contribution is 6.70. The fourth-order valence-electron chi connectivity index (χ4n) is 1.63. The maximum Gasteiger partial charge on any atom is 0.507 e. The molecule has 15 heavy (non-hydrogen) atoms. The van der Waals surface area contributed by atoms with Crippen molar-refractivity contribution in [1.29, 1.82) is 0 Å². The monoisotopic (exact) mass is 272 g/mol. The quantitative estimate of drug-likeness (QED) is 0.527. The van der Waals surface area contributed by atoms with Crippen LogP contribution in [0.4, 0.5) is 0 Å². The average molecular weight is 273 g/mol. The first kappa shape index (κ1) is 13.7. The van der Waals surface area contributed by atoms with E-state index in [0.29, 0.717) is 26.2 Å². The van der Waals surface area contributed by atoms with E-state index in [4.69, 9.17) is 36.5 Å². The molecule has 0 bridgehead atoms. The molecule has 0 spiro atoms. The normalized spacial score (nSPS) is 24.2. The Kier molecular flexibility index (Phi) is 4.89. The highest BCUT2D eigenvalue weighted by atomic mass is 35.5. The van der Waals surface area contributed by atoms with Crippen LogP contribution in [-0.2, 0) is 13.3 Å². The number of hydrogen-bond acceptors (Lipinski definition) is 3. The molecule has 0 saturated heterocycles. The zero-order valence-corrected chi connectivity index (χ0v) is 11.9. The molecule has 90 valence electrons. The van der Waals surface area contributed by atoms with Gasteiger partial charge in [0.25, 0.3) is 0 Å². The van der Waals surface area contributed by atoms with Crippen molar-refractivity contribution in [2.24, 2.45) is 0 Å². The Balaban J connectivity index is 2.73. The second-order valence-electron chi connectivity index (χ2n) is 3.42. The molecule has 3 nitrogen and oxygen atoms in total. The van der Waals surface area contributed by atoms with E-state index in [1.165, 1.54) is 0 Å². The number of halogens is 2. The van der Waals surface area contributed by atoms with Gasteiger partial charge < -0.3 is 13.3 Å². The van der Waals surface area contributed by atoms with Gasteiger partial charge in [0.05, 0.1) is 5.54 Å². The molecule has 1 unspecified atom stereocenters. The van der Waals surface area contributed by atoms with Crippen molar-refractivity contribution in [3.05, 3.63) is 0 Å². The van der Waals surface area contributed by atoms with Gasteiger partial charge in [0.2, 0.25) is 0 Å². The second-order valence-corrected chi connectivity index (χ2v) is 7.73. The van der Waals surface area contributed by atoms with Crippen LogP contribution in [0.1, 0.15) is 27.2 Å². The molecule has 0 aromatic heterocycles. The maximum atomic E-state index is 6.06. The van der Waals surface area contributed by atoms with Crippen LogP contribution < -0.4 is 0 Å². The van der Waals surface area contributed by atoms with Gasteiger partial charge in [-0.2, -0.15) is 0 Å². The van der Waals surface area contributed by atoms with Crippen molar-refractivity contribution in [3.63, 3.8) is 0 Å². The van der Waals surface area contributed by atoms with Crippen LogP contribution in [0.3, 0.4) is 0 Å². The summed E-state index contributed by atoms with van der Waals surface area (Å²) in [6, 6.07) is 0. The van der Waals surface area contributed by atoms with Crippen molar-refractivity contribution in [3.8, 4) is 0 Å². The van der Waals surface area contributed by atoms with Gasteiger partial charge in [-0.25, -0.2) is 0 Å². The predicted octanol–water partition coefficient (Wildman–Crippen LogP) is 2.98. The molecule has 0 aromatic carbocycles. The molecular weight excluding hydrogens is 255 g/mol. The zero-order valence-electron chi connectivity index (χ0n) is 9.39. The van der Waals surface area contributed by atoms with Crippen LogP contribution >= 0.6 is 23.2 Å². The lowest BCUT2D eigenvalue weighted by Crippen LogP contribution is -2.47. The van der Waals surface area contributed by atoms with Gasteiger partial charge in [-0.15, -0.1) is 23.2 Å². The van der Waals surface area contributed by atoms with Crippen LogP contribution in [0.2, 0.25) is 5.54 Å². The standard InChI is InChI=1S/C9H18Cl2O3Si/c1-4-12-15(13-5-2,14-6-3)8-7-9(8,10)11/h8H,4-7H2,1-3H3. The first-order valence-corrected chi connectivity index (χ1v) is 7.87. The predicted molar refractivity (Wildman–Crippen MR) is 63.4 cm³/mol.